The molecule has 0 amide bonds. The van der Waals surface area contributed by atoms with Crippen molar-refractivity contribution in [3.05, 3.63) is 58.4 Å². The molecule has 1 unspecified atom stereocenters. The van der Waals surface area contributed by atoms with Crippen LogP contribution in [0.4, 0.5) is 4.39 Å². The summed E-state index contributed by atoms with van der Waals surface area (Å²) in [5.41, 5.74) is 0.957. The minimum Gasteiger partial charge on any atom is -0.496 e. The molecule has 1 atom stereocenters. The third-order valence-electron chi connectivity index (χ3n) is 2.95. The van der Waals surface area contributed by atoms with Gasteiger partial charge in [-0.1, -0.05) is 23.7 Å². The van der Waals surface area contributed by atoms with Crippen LogP contribution in [0.2, 0.25) is 5.02 Å². The van der Waals surface area contributed by atoms with Gasteiger partial charge in [-0.05, 0) is 29.8 Å². The predicted molar refractivity (Wildman–Crippen MR) is 78.7 cm³/mol. The minimum absolute atomic E-state index is 0.290. The molecule has 5 heteroatoms. The van der Waals surface area contributed by atoms with Crippen LogP contribution in [0.5, 0.6) is 11.5 Å². The van der Waals surface area contributed by atoms with E-state index in [1.54, 1.807) is 30.3 Å². The molecule has 2 rings (SSSR count). The van der Waals surface area contributed by atoms with Crippen LogP contribution >= 0.6 is 23.2 Å². The van der Waals surface area contributed by atoms with Gasteiger partial charge in [0.05, 0.1) is 30.2 Å². The van der Waals surface area contributed by atoms with Gasteiger partial charge in [0.15, 0.2) is 0 Å². The van der Waals surface area contributed by atoms with Crippen molar-refractivity contribution in [2.24, 2.45) is 0 Å². The van der Waals surface area contributed by atoms with Gasteiger partial charge in [-0.3, -0.25) is 0 Å². The summed E-state index contributed by atoms with van der Waals surface area (Å²) >= 11 is 12.4. The first kappa shape index (κ1) is 14.9. The number of benzene rings is 2. The zero-order chi connectivity index (χ0) is 14.7. The number of alkyl halides is 1. The number of halogens is 3. The fourth-order valence-electron chi connectivity index (χ4n) is 1.95. The lowest BCUT2D eigenvalue weighted by molar-refractivity contribution is 0.405. The van der Waals surface area contributed by atoms with Crippen molar-refractivity contribution < 1.29 is 13.9 Å². The van der Waals surface area contributed by atoms with E-state index in [0.29, 0.717) is 22.1 Å². The van der Waals surface area contributed by atoms with Crippen molar-refractivity contribution in [3.63, 3.8) is 0 Å². The average molecular weight is 315 g/mol. The Balaban J connectivity index is 2.46. The Hall–Kier alpha value is -1.45. The van der Waals surface area contributed by atoms with Crippen molar-refractivity contribution in [2.45, 2.75) is 5.38 Å². The summed E-state index contributed by atoms with van der Waals surface area (Å²) in [6.07, 6.45) is 0. The second kappa shape index (κ2) is 6.33. The van der Waals surface area contributed by atoms with E-state index in [2.05, 4.69) is 0 Å². The maximum atomic E-state index is 14.0. The Kier molecular flexibility index (Phi) is 4.73. The van der Waals surface area contributed by atoms with Crippen LogP contribution in [0, 0.1) is 5.82 Å². The Morgan fingerprint density at radius 1 is 1.05 bits per heavy atom. The molecule has 0 saturated carbocycles. The highest BCUT2D eigenvalue weighted by Crippen LogP contribution is 2.39. The van der Waals surface area contributed by atoms with Crippen molar-refractivity contribution in [2.75, 3.05) is 14.2 Å². The minimum atomic E-state index is -0.699. The maximum absolute atomic E-state index is 14.0. The molecule has 2 nitrogen and oxygen atoms in total. The molecule has 0 heterocycles. The molecule has 0 saturated heterocycles. The summed E-state index contributed by atoms with van der Waals surface area (Å²) in [5, 5.41) is -0.277. The molecule has 0 bridgehead atoms. The fourth-order valence-corrected chi connectivity index (χ4v) is 2.56. The SMILES string of the molecule is COc1ccc(C(Cl)c2c(F)cccc2OC)cc1Cl. The fraction of sp³-hybridized carbons (Fsp3) is 0.200. The molecular formula is C15H13Cl2FO2. The lowest BCUT2D eigenvalue weighted by atomic mass is 10.0. The van der Waals surface area contributed by atoms with Crippen LogP contribution in [0.15, 0.2) is 36.4 Å². The number of rotatable bonds is 4. The second-order valence-corrected chi connectivity index (χ2v) is 4.96. The first-order chi connectivity index (χ1) is 9.58. The van der Waals surface area contributed by atoms with Crippen molar-refractivity contribution in [3.8, 4) is 11.5 Å². The van der Waals surface area contributed by atoms with E-state index in [4.69, 9.17) is 32.7 Å². The molecule has 20 heavy (non-hydrogen) atoms. The van der Waals surface area contributed by atoms with E-state index in [1.807, 2.05) is 0 Å². The van der Waals surface area contributed by atoms with Gasteiger partial charge in [0.25, 0.3) is 0 Å². The Morgan fingerprint density at radius 3 is 2.35 bits per heavy atom. The summed E-state index contributed by atoms with van der Waals surface area (Å²) in [6.45, 7) is 0. The maximum Gasteiger partial charge on any atom is 0.137 e. The molecule has 2 aromatic rings. The van der Waals surface area contributed by atoms with Gasteiger partial charge in [-0.2, -0.15) is 0 Å². The zero-order valence-electron chi connectivity index (χ0n) is 11.0. The number of ether oxygens (including phenoxy) is 2. The first-order valence-electron chi connectivity index (χ1n) is 5.88. The molecule has 0 aromatic heterocycles. The lowest BCUT2D eigenvalue weighted by Gasteiger charge is -2.16. The normalized spacial score (nSPS) is 12.1. The molecule has 0 spiro atoms. The highest BCUT2D eigenvalue weighted by atomic mass is 35.5. The second-order valence-electron chi connectivity index (χ2n) is 4.11. The van der Waals surface area contributed by atoms with Crippen LogP contribution < -0.4 is 9.47 Å². The Labute approximate surface area is 127 Å². The molecule has 0 radical (unpaired) electrons. The van der Waals surface area contributed by atoms with Gasteiger partial charge >= 0.3 is 0 Å². The molecule has 0 aliphatic heterocycles. The molecular weight excluding hydrogens is 302 g/mol. The van der Waals surface area contributed by atoms with E-state index < -0.39 is 11.2 Å². The van der Waals surface area contributed by atoms with Crippen molar-refractivity contribution in [1.29, 1.82) is 0 Å². The van der Waals surface area contributed by atoms with Gasteiger partial charge in [-0.15, -0.1) is 11.6 Å². The van der Waals surface area contributed by atoms with Crippen LogP contribution in [0.1, 0.15) is 16.5 Å². The molecule has 2 aromatic carbocycles. The van der Waals surface area contributed by atoms with Gasteiger partial charge in [0, 0.05) is 0 Å². The Bertz CT molecular complexity index is 617. The van der Waals surface area contributed by atoms with E-state index >= 15 is 0 Å². The monoisotopic (exact) mass is 314 g/mol. The summed E-state index contributed by atoms with van der Waals surface area (Å²) in [4.78, 5) is 0. The van der Waals surface area contributed by atoms with Crippen LogP contribution in [-0.4, -0.2) is 14.2 Å². The average Bonchev–Trinajstić information content (AvgIpc) is 2.46. The van der Waals surface area contributed by atoms with Crippen molar-refractivity contribution in [1.82, 2.24) is 0 Å². The van der Waals surface area contributed by atoms with Gasteiger partial charge < -0.3 is 9.47 Å². The molecule has 0 aliphatic rings. The van der Waals surface area contributed by atoms with Crippen LogP contribution in [0.25, 0.3) is 0 Å². The van der Waals surface area contributed by atoms with E-state index in [9.17, 15) is 4.39 Å². The van der Waals surface area contributed by atoms with Crippen LogP contribution in [-0.2, 0) is 0 Å². The smallest absolute Gasteiger partial charge is 0.137 e. The lowest BCUT2D eigenvalue weighted by Crippen LogP contribution is -2.01. The quantitative estimate of drug-likeness (QED) is 0.753. The molecule has 0 fully saturated rings. The largest absolute Gasteiger partial charge is 0.496 e. The number of hydrogen-bond acceptors (Lipinski definition) is 2. The number of hydrogen-bond donors (Lipinski definition) is 0. The van der Waals surface area contributed by atoms with E-state index in [0.717, 1.165) is 0 Å². The van der Waals surface area contributed by atoms with Gasteiger partial charge in [-0.25, -0.2) is 4.39 Å². The third-order valence-corrected chi connectivity index (χ3v) is 3.72. The Morgan fingerprint density at radius 2 is 1.75 bits per heavy atom. The topological polar surface area (TPSA) is 18.5 Å². The highest BCUT2D eigenvalue weighted by molar-refractivity contribution is 6.32. The molecule has 0 N–H and O–H groups in total. The van der Waals surface area contributed by atoms with Gasteiger partial charge in [0.2, 0.25) is 0 Å². The summed E-state index contributed by atoms with van der Waals surface area (Å²) < 4.78 is 24.2. The summed E-state index contributed by atoms with van der Waals surface area (Å²) in [5.74, 6) is 0.521. The van der Waals surface area contributed by atoms with E-state index in [-0.39, 0.29) is 5.56 Å². The summed E-state index contributed by atoms with van der Waals surface area (Å²) in [7, 11) is 3.00. The standard InChI is InChI=1S/C15H13Cl2FO2/c1-19-12-7-6-9(8-10(12)16)15(17)14-11(18)4-3-5-13(14)20-2/h3-8,15H,1-2H3. The zero-order valence-corrected chi connectivity index (χ0v) is 12.5. The van der Waals surface area contributed by atoms with Crippen LogP contribution in [0.3, 0.4) is 0 Å². The van der Waals surface area contributed by atoms with Crippen molar-refractivity contribution >= 4 is 23.2 Å². The number of methoxy groups -OCH3 is 2. The molecule has 106 valence electrons. The first-order valence-corrected chi connectivity index (χ1v) is 6.69. The predicted octanol–water partition coefficient (Wildman–Crippen LogP) is 4.82. The highest BCUT2D eigenvalue weighted by Gasteiger charge is 2.21. The third kappa shape index (κ3) is 2.84. The van der Waals surface area contributed by atoms with Gasteiger partial charge in [0.1, 0.15) is 17.3 Å². The summed E-state index contributed by atoms with van der Waals surface area (Å²) in [6, 6.07) is 9.68. The van der Waals surface area contributed by atoms with E-state index in [1.165, 1.54) is 20.3 Å². The molecule has 0 aliphatic carbocycles.